The van der Waals surface area contributed by atoms with Crippen molar-refractivity contribution in [2.45, 2.75) is 5.41 Å². The monoisotopic (exact) mass is 1150 g/mol. The quantitative estimate of drug-likeness (QED) is 0.0961. The van der Waals surface area contributed by atoms with Crippen molar-refractivity contribution in [3.63, 3.8) is 0 Å². The average Bonchev–Trinajstić information content (AvgIpc) is 1.52. The van der Waals surface area contributed by atoms with Crippen LogP contribution in [0.1, 0.15) is 44.5 Å². The minimum absolute atomic E-state index is 0.623. The van der Waals surface area contributed by atoms with Gasteiger partial charge in [0.15, 0.2) is 0 Å². The molecule has 1 aliphatic rings. The fraction of sp³-hybridized carbons (Fsp3) is 0.0115. The molecule has 0 spiro atoms. The van der Waals surface area contributed by atoms with E-state index in [1.807, 2.05) is 24.3 Å². The number of benzene rings is 13. The molecule has 3 nitrogen and oxygen atoms in total. The Morgan fingerprint density at radius 3 is 0.944 bits per heavy atom. The largest absolute Gasteiger partial charge is 0.456 e. The van der Waals surface area contributed by atoms with Crippen LogP contribution in [-0.4, -0.2) is 0 Å². The fourth-order valence-electron chi connectivity index (χ4n) is 13.4. The van der Waals surface area contributed by atoms with Crippen molar-refractivity contribution >= 4 is 80.4 Å². The Labute approximate surface area is 526 Å². The normalized spacial score (nSPS) is 12.0. The highest BCUT2D eigenvalue weighted by Crippen LogP contribution is 2.58. The first-order valence-electron chi connectivity index (χ1n) is 30.6. The summed E-state index contributed by atoms with van der Waals surface area (Å²) in [6.45, 7) is 15.9. The molecular weight excluding hydrogens is 1090 g/mol. The number of anilines is 6. The predicted octanol–water partition coefficient (Wildman–Crippen LogP) is 24.1. The van der Waals surface area contributed by atoms with Gasteiger partial charge in [0, 0.05) is 44.9 Å². The third-order valence-electron chi connectivity index (χ3n) is 18.0. The van der Waals surface area contributed by atoms with Gasteiger partial charge in [-0.2, -0.15) is 0 Å². The number of furan rings is 1. The first-order chi connectivity index (χ1) is 44.4. The minimum atomic E-state index is -0.623. The van der Waals surface area contributed by atoms with E-state index >= 15 is 0 Å². The van der Waals surface area contributed by atoms with Crippen LogP contribution < -0.4 is 9.80 Å². The summed E-state index contributed by atoms with van der Waals surface area (Å²) in [5.74, 6) is 0. The molecule has 1 heterocycles. The zero-order valence-electron chi connectivity index (χ0n) is 49.8. The lowest BCUT2D eigenvalue weighted by Crippen LogP contribution is -2.28. The van der Waals surface area contributed by atoms with Gasteiger partial charge < -0.3 is 14.2 Å². The van der Waals surface area contributed by atoms with E-state index in [9.17, 15) is 0 Å². The molecule has 0 bridgehead atoms. The van der Waals surface area contributed by atoms with Crippen molar-refractivity contribution in [2.75, 3.05) is 9.80 Å². The first kappa shape index (κ1) is 54.8. The number of hydrogen-bond donors (Lipinski definition) is 0. The SMILES string of the molecule is C=Cc1ccc(-c2ccc(N(c3ccc(C=C)cc3)c3ccc(-c4ccc5c(c4)-c4cc6oc7ccc(-c8ccc(N(c9ccc(C=C)cc9)c9ccc(-c%10ccc(C=C)cc%10)cc9)cc8)cc7c6cc4C5(c4ccccc4)c4ccccc4)cc3)cc2)cc1. The predicted molar refractivity (Wildman–Crippen MR) is 382 cm³/mol. The van der Waals surface area contributed by atoms with Gasteiger partial charge in [-0.15, -0.1) is 0 Å². The smallest absolute Gasteiger partial charge is 0.136 e. The van der Waals surface area contributed by atoms with E-state index in [1.54, 1.807) is 0 Å². The molecule has 1 aliphatic carbocycles. The zero-order chi connectivity index (χ0) is 60.7. The molecule has 13 aromatic carbocycles. The number of nitrogens with zero attached hydrogens (tertiary/aromatic N) is 2. The molecule has 15 rings (SSSR count). The molecule has 0 aliphatic heterocycles. The third kappa shape index (κ3) is 9.76. The van der Waals surface area contributed by atoms with E-state index < -0.39 is 5.41 Å². The van der Waals surface area contributed by atoms with Gasteiger partial charge in [-0.05, 0) is 203 Å². The molecule has 3 heteroatoms. The average molecular weight is 1150 g/mol. The molecule has 0 unspecified atom stereocenters. The lowest BCUT2D eigenvalue weighted by Gasteiger charge is -2.34. The van der Waals surface area contributed by atoms with Crippen LogP contribution in [0, 0.1) is 0 Å². The Balaban J connectivity index is 0.801. The van der Waals surface area contributed by atoms with E-state index in [4.69, 9.17) is 4.42 Å². The van der Waals surface area contributed by atoms with Crippen molar-refractivity contribution in [3.8, 4) is 55.6 Å². The van der Waals surface area contributed by atoms with Crippen LogP contribution in [0.25, 0.3) is 102 Å². The maximum Gasteiger partial charge on any atom is 0.136 e. The Morgan fingerprint density at radius 1 is 0.256 bits per heavy atom. The molecule has 14 aromatic rings. The molecule has 0 radical (unpaired) electrons. The summed E-state index contributed by atoms with van der Waals surface area (Å²) in [4.78, 5) is 4.63. The summed E-state index contributed by atoms with van der Waals surface area (Å²) in [7, 11) is 0. The molecule has 0 fully saturated rings. The van der Waals surface area contributed by atoms with Crippen LogP contribution >= 0.6 is 0 Å². The zero-order valence-corrected chi connectivity index (χ0v) is 49.8. The molecule has 1 aromatic heterocycles. The lowest BCUT2D eigenvalue weighted by molar-refractivity contribution is 0.668. The topological polar surface area (TPSA) is 19.6 Å². The van der Waals surface area contributed by atoms with Crippen LogP contribution in [0.2, 0.25) is 0 Å². The second-order valence-corrected chi connectivity index (χ2v) is 23.1. The molecule has 0 saturated heterocycles. The second kappa shape index (κ2) is 23.1. The van der Waals surface area contributed by atoms with E-state index in [0.29, 0.717) is 0 Å². The van der Waals surface area contributed by atoms with E-state index in [2.05, 4.69) is 339 Å². The highest BCUT2D eigenvalue weighted by Gasteiger charge is 2.46. The second-order valence-electron chi connectivity index (χ2n) is 23.1. The Kier molecular flexibility index (Phi) is 14.1. The molecular formula is C87H62N2O. The maximum absolute atomic E-state index is 6.92. The van der Waals surface area contributed by atoms with Crippen molar-refractivity contribution < 1.29 is 4.42 Å². The van der Waals surface area contributed by atoms with Gasteiger partial charge in [0.25, 0.3) is 0 Å². The molecule has 0 saturated carbocycles. The molecule has 0 amide bonds. The molecule has 90 heavy (non-hydrogen) atoms. The van der Waals surface area contributed by atoms with Crippen LogP contribution in [0.3, 0.4) is 0 Å². The highest BCUT2D eigenvalue weighted by atomic mass is 16.3. The van der Waals surface area contributed by atoms with Gasteiger partial charge in [0.2, 0.25) is 0 Å². The van der Waals surface area contributed by atoms with Crippen LogP contribution in [0.4, 0.5) is 34.1 Å². The van der Waals surface area contributed by atoms with Crippen LogP contribution in [0.5, 0.6) is 0 Å². The first-order valence-corrected chi connectivity index (χ1v) is 30.6. The van der Waals surface area contributed by atoms with E-state index in [1.165, 1.54) is 27.8 Å². The van der Waals surface area contributed by atoms with Gasteiger partial charge in [-0.25, -0.2) is 0 Å². The van der Waals surface area contributed by atoms with Crippen molar-refractivity contribution in [2.24, 2.45) is 0 Å². The molecule has 0 N–H and O–H groups in total. The minimum Gasteiger partial charge on any atom is -0.456 e. The summed E-state index contributed by atoms with van der Waals surface area (Å²) in [5, 5.41) is 2.15. The summed E-state index contributed by atoms with van der Waals surface area (Å²) in [6.07, 6.45) is 7.52. The maximum atomic E-state index is 6.92. The highest BCUT2D eigenvalue weighted by molar-refractivity contribution is 6.09. The van der Waals surface area contributed by atoms with Gasteiger partial charge in [-0.3, -0.25) is 0 Å². The molecule has 0 atom stereocenters. The Morgan fingerprint density at radius 2 is 0.556 bits per heavy atom. The summed E-state index contributed by atoms with van der Waals surface area (Å²) in [6, 6.07) is 110. The van der Waals surface area contributed by atoms with Gasteiger partial charge in [0.1, 0.15) is 11.2 Å². The number of rotatable bonds is 16. The Bertz CT molecular complexity index is 4950. The summed E-state index contributed by atoms with van der Waals surface area (Å²) in [5.41, 5.74) is 28.1. The van der Waals surface area contributed by atoms with Crippen molar-refractivity contribution in [1.29, 1.82) is 0 Å². The fourth-order valence-corrected chi connectivity index (χ4v) is 13.4. The standard InChI is InChI=1S/C87H62N2O/c1-5-59-19-27-63(28-20-59)65-31-45-75(46-32-65)88(73-41-23-61(7-3)24-42-73)77-49-35-67(36-50-77)69-39-53-83-79(55-69)80-58-86-82(57-84(80)87(83,71-15-11-9-12-16-71)72-17-13-10-14-18-72)81-56-70(40-54-85(81)90-86)68-37-51-78(52-38-68)89(74-43-25-62(8-4)26-44-74)76-47-33-66(34-48-76)64-29-21-60(6-2)22-30-64/h5-58H,1-4H2. The van der Waals surface area contributed by atoms with E-state index in [-0.39, 0.29) is 0 Å². The number of hydrogen-bond acceptors (Lipinski definition) is 3. The van der Waals surface area contributed by atoms with E-state index in [0.717, 1.165) is 128 Å². The van der Waals surface area contributed by atoms with Gasteiger partial charge >= 0.3 is 0 Å². The Hall–Kier alpha value is -11.8. The lowest BCUT2D eigenvalue weighted by atomic mass is 9.67. The van der Waals surface area contributed by atoms with Gasteiger partial charge in [0.05, 0.1) is 5.41 Å². The molecule has 426 valence electrons. The number of fused-ring (bicyclic) bond motifs is 6. The summed E-state index contributed by atoms with van der Waals surface area (Å²) < 4.78 is 6.92. The van der Waals surface area contributed by atoms with Crippen LogP contribution in [-0.2, 0) is 5.41 Å². The van der Waals surface area contributed by atoms with Crippen molar-refractivity contribution in [1.82, 2.24) is 0 Å². The summed E-state index contributed by atoms with van der Waals surface area (Å²) >= 11 is 0. The van der Waals surface area contributed by atoms with Crippen LogP contribution in [0.15, 0.2) is 334 Å². The van der Waals surface area contributed by atoms with Crippen molar-refractivity contribution in [3.05, 3.63) is 374 Å². The van der Waals surface area contributed by atoms with Gasteiger partial charge in [-0.1, -0.05) is 251 Å². The third-order valence-corrected chi connectivity index (χ3v) is 18.0.